The molecule has 2 aromatic carbocycles. The van der Waals surface area contributed by atoms with Crippen LogP contribution in [0.5, 0.6) is 0 Å². The minimum atomic E-state index is -4.67. The van der Waals surface area contributed by atoms with Crippen LogP contribution in [0.3, 0.4) is 0 Å². The topological polar surface area (TPSA) is 94.6 Å². The fourth-order valence-electron chi connectivity index (χ4n) is 5.80. The van der Waals surface area contributed by atoms with Crippen LogP contribution in [0.1, 0.15) is 55.2 Å². The van der Waals surface area contributed by atoms with E-state index in [9.17, 15) is 22.8 Å². The van der Waals surface area contributed by atoms with Crippen LogP contribution in [0.15, 0.2) is 59.3 Å². The first kappa shape index (κ1) is 28.6. The van der Waals surface area contributed by atoms with E-state index in [0.29, 0.717) is 12.3 Å². The number of benzene rings is 2. The molecule has 41 heavy (non-hydrogen) atoms. The van der Waals surface area contributed by atoms with Crippen molar-refractivity contribution < 1.29 is 32.0 Å². The molecule has 2 N–H and O–H groups in total. The number of aromatic nitrogens is 2. The minimum Gasteiger partial charge on any atom is -0.312 e. The van der Waals surface area contributed by atoms with Crippen molar-refractivity contribution in [1.82, 2.24) is 10.2 Å². The third kappa shape index (κ3) is 6.87. The minimum absolute atomic E-state index is 0.0703. The Balaban J connectivity index is 1.26. The van der Waals surface area contributed by atoms with Crippen molar-refractivity contribution in [2.45, 2.75) is 50.2 Å². The highest BCUT2D eigenvalue weighted by molar-refractivity contribution is 6.02. The van der Waals surface area contributed by atoms with Crippen LogP contribution in [-0.2, 0) is 11.0 Å². The summed E-state index contributed by atoms with van der Waals surface area (Å²) in [6.45, 7) is 1.31. The molecule has 218 valence electrons. The Labute approximate surface area is 236 Å². The van der Waals surface area contributed by atoms with Crippen LogP contribution >= 0.6 is 0 Å². The molecule has 1 aliphatic carbocycles. The Bertz CT molecular complexity index is 1370. The van der Waals surface area contributed by atoms with Crippen molar-refractivity contribution in [3.05, 3.63) is 65.9 Å². The second-order valence-corrected chi connectivity index (χ2v) is 11.1. The van der Waals surface area contributed by atoms with Gasteiger partial charge in [-0.15, -0.1) is 0 Å². The summed E-state index contributed by atoms with van der Waals surface area (Å²) in [6, 6.07) is 11.7. The largest absolute Gasteiger partial charge is 0.416 e. The molecule has 1 saturated heterocycles. The summed E-state index contributed by atoms with van der Waals surface area (Å²) in [5.74, 6) is -0.0142. The van der Waals surface area contributed by atoms with Gasteiger partial charge in [-0.1, -0.05) is 30.3 Å². The SMILES string of the molecule is CN(C)CC1CCC([n+]2cc(NC(=O)Nc3cc(N4CCC(c5ccccc5)C4=O)cc(C(F)(F)F)c3)on2)CC1. The maximum atomic E-state index is 13.8. The summed E-state index contributed by atoms with van der Waals surface area (Å²) < 4.78 is 48.2. The Kier molecular flexibility index (Phi) is 8.30. The number of alkyl halides is 3. The summed E-state index contributed by atoms with van der Waals surface area (Å²) in [4.78, 5) is 29.4. The molecule has 0 radical (unpaired) electrons. The molecule has 1 atom stereocenters. The Morgan fingerprint density at radius 3 is 2.49 bits per heavy atom. The highest BCUT2D eigenvalue weighted by Crippen LogP contribution is 2.38. The predicted molar refractivity (Wildman–Crippen MR) is 146 cm³/mol. The number of rotatable bonds is 7. The van der Waals surface area contributed by atoms with Crippen molar-refractivity contribution in [2.24, 2.45) is 5.92 Å². The maximum absolute atomic E-state index is 13.8. The maximum Gasteiger partial charge on any atom is 0.416 e. The molecular formula is C29H34F3N6O3+. The van der Waals surface area contributed by atoms with Gasteiger partial charge in [-0.25, -0.2) is 4.79 Å². The lowest BCUT2D eigenvalue weighted by Crippen LogP contribution is -2.43. The number of carbonyl (C=O) groups excluding carboxylic acids is 2. The van der Waals surface area contributed by atoms with Crippen molar-refractivity contribution in [2.75, 3.05) is 42.7 Å². The number of hydrogen-bond acceptors (Lipinski definition) is 5. The third-order valence-corrected chi connectivity index (χ3v) is 7.76. The fourth-order valence-corrected chi connectivity index (χ4v) is 5.80. The molecule has 1 unspecified atom stereocenters. The summed E-state index contributed by atoms with van der Waals surface area (Å²) in [7, 11) is 4.13. The van der Waals surface area contributed by atoms with Gasteiger partial charge in [-0.05, 0) is 67.7 Å². The van der Waals surface area contributed by atoms with Crippen LogP contribution in [0.4, 0.5) is 35.2 Å². The van der Waals surface area contributed by atoms with Gasteiger partial charge < -0.3 is 15.1 Å². The molecule has 2 heterocycles. The van der Waals surface area contributed by atoms with Gasteiger partial charge in [0.25, 0.3) is 6.20 Å². The van der Waals surface area contributed by atoms with E-state index >= 15 is 0 Å². The normalized spacial score (nSPS) is 21.4. The molecule has 1 aromatic heterocycles. The smallest absolute Gasteiger partial charge is 0.312 e. The van der Waals surface area contributed by atoms with Crippen LogP contribution in [-0.4, -0.2) is 49.3 Å². The Morgan fingerprint density at radius 1 is 1.07 bits per heavy atom. The summed E-state index contributed by atoms with van der Waals surface area (Å²) >= 11 is 0. The number of nitrogens with one attached hydrogen (secondary N) is 2. The van der Waals surface area contributed by atoms with E-state index in [1.165, 1.54) is 11.0 Å². The Morgan fingerprint density at radius 2 is 1.80 bits per heavy atom. The predicted octanol–water partition coefficient (Wildman–Crippen LogP) is 5.44. The second-order valence-electron chi connectivity index (χ2n) is 11.1. The van der Waals surface area contributed by atoms with Gasteiger partial charge in [0.15, 0.2) is 6.04 Å². The van der Waals surface area contributed by atoms with E-state index in [1.807, 2.05) is 30.3 Å². The van der Waals surface area contributed by atoms with E-state index in [4.69, 9.17) is 4.52 Å². The van der Waals surface area contributed by atoms with Crippen LogP contribution in [0.2, 0.25) is 0 Å². The van der Waals surface area contributed by atoms with Crippen molar-refractivity contribution in [3.8, 4) is 0 Å². The van der Waals surface area contributed by atoms with Crippen molar-refractivity contribution in [1.29, 1.82) is 0 Å². The number of urea groups is 1. The molecule has 1 aliphatic heterocycles. The van der Waals surface area contributed by atoms with E-state index in [2.05, 4.69) is 34.9 Å². The van der Waals surface area contributed by atoms with Crippen LogP contribution in [0, 0.1) is 5.92 Å². The fraction of sp³-hybridized carbons (Fsp3) is 0.448. The number of anilines is 3. The van der Waals surface area contributed by atoms with Gasteiger partial charge in [0.05, 0.1) is 11.5 Å². The van der Waals surface area contributed by atoms with E-state index in [1.54, 1.807) is 10.9 Å². The number of nitrogens with zero attached hydrogens (tertiary/aromatic N) is 4. The standard InChI is InChI=1S/C29H33F3N6O3/c1-36(2)17-19-8-10-23(11-9-19)38-18-26(41-35-38)34-28(40)33-22-14-21(29(30,31)32)15-24(16-22)37-13-12-25(27(37)39)20-6-4-3-5-7-20/h3-7,14-16,18-19,23,25H,8-13,17H2,1-2H3,(H-,33,34,35,40)/p+1. The molecule has 2 fully saturated rings. The molecule has 2 aliphatic rings. The third-order valence-electron chi connectivity index (χ3n) is 7.76. The van der Waals surface area contributed by atoms with Gasteiger partial charge in [-0.2, -0.15) is 13.2 Å². The molecule has 12 heteroatoms. The van der Waals surface area contributed by atoms with Crippen LogP contribution < -0.4 is 20.2 Å². The monoisotopic (exact) mass is 571 g/mol. The molecule has 0 spiro atoms. The zero-order chi connectivity index (χ0) is 29.1. The van der Waals surface area contributed by atoms with Crippen molar-refractivity contribution in [3.63, 3.8) is 0 Å². The quantitative estimate of drug-likeness (QED) is 0.369. The number of halogens is 3. The van der Waals surface area contributed by atoms with Crippen LogP contribution in [0.25, 0.3) is 0 Å². The van der Waals surface area contributed by atoms with Gasteiger partial charge in [0.2, 0.25) is 11.2 Å². The molecular weight excluding hydrogens is 537 g/mol. The molecule has 3 amide bonds. The molecule has 3 aromatic rings. The highest BCUT2D eigenvalue weighted by atomic mass is 19.4. The zero-order valence-electron chi connectivity index (χ0n) is 23.0. The lowest BCUT2D eigenvalue weighted by molar-refractivity contribution is -0.787. The van der Waals surface area contributed by atoms with Gasteiger partial charge in [-0.3, -0.25) is 14.6 Å². The summed E-state index contributed by atoms with van der Waals surface area (Å²) in [5, 5.41) is 8.98. The average Bonchev–Trinajstić information content (AvgIpc) is 3.55. The molecule has 0 bridgehead atoms. The lowest BCUT2D eigenvalue weighted by atomic mass is 9.86. The number of hydrogen-bond donors (Lipinski definition) is 2. The summed E-state index contributed by atoms with van der Waals surface area (Å²) in [6.07, 6.45) is 1.40. The average molecular weight is 572 g/mol. The van der Waals surface area contributed by atoms with E-state index in [0.717, 1.165) is 49.9 Å². The first-order valence-electron chi connectivity index (χ1n) is 13.8. The Hall–Kier alpha value is -3.93. The molecule has 1 saturated carbocycles. The molecule has 9 nitrogen and oxygen atoms in total. The first-order chi connectivity index (χ1) is 19.6. The van der Waals surface area contributed by atoms with Gasteiger partial charge >= 0.3 is 18.1 Å². The highest BCUT2D eigenvalue weighted by Gasteiger charge is 2.37. The summed E-state index contributed by atoms with van der Waals surface area (Å²) in [5.41, 5.74) is -0.185. The van der Waals surface area contributed by atoms with Crippen molar-refractivity contribution >= 4 is 29.2 Å². The van der Waals surface area contributed by atoms with E-state index < -0.39 is 23.7 Å². The van der Waals surface area contributed by atoms with Gasteiger partial charge in [0.1, 0.15) is 0 Å². The first-order valence-corrected chi connectivity index (χ1v) is 13.8. The van der Waals surface area contributed by atoms with E-state index in [-0.39, 0.29) is 35.8 Å². The second kappa shape index (κ2) is 11.9. The lowest BCUT2D eigenvalue weighted by Gasteiger charge is -2.26. The van der Waals surface area contributed by atoms with Gasteiger partial charge in [0, 0.05) is 37.3 Å². The zero-order valence-corrected chi connectivity index (χ0v) is 23.0. The molecule has 5 rings (SSSR count). The number of amides is 3. The number of carbonyl (C=O) groups is 2.